The zero-order valence-corrected chi connectivity index (χ0v) is 12.4. The Morgan fingerprint density at radius 2 is 2.10 bits per heavy atom. The van der Waals surface area contributed by atoms with E-state index in [1.165, 1.54) is 16.9 Å². The fourth-order valence-corrected chi connectivity index (χ4v) is 2.61. The second kappa shape index (κ2) is 6.75. The Bertz CT molecular complexity index is 428. The summed E-state index contributed by atoms with van der Waals surface area (Å²) in [4.78, 5) is 42.2. The van der Waals surface area contributed by atoms with E-state index in [1.54, 1.807) is 0 Å². The number of nitrogens with zero attached hydrogens (tertiary/aromatic N) is 2. The Morgan fingerprint density at radius 1 is 1.33 bits per heavy atom. The van der Waals surface area contributed by atoms with Gasteiger partial charge >= 0.3 is 6.03 Å². The first-order valence-corrected chi connectivity index (χ1v) is 7.33. The highest BCUT2D eigenvalue weighted by atomic mass is 16.7. The molecule has 2 aliphatic heterocycles. The number of urea groups is 1. The lowest BCUT2D eigenvalue weighted by molar-refractivity contribution is -0.132. The van der Waals surface area contributed by atoms with Crippen LogP contribution >= 0.6 is 0 Å². The Hall–Kier alpha value is -1.83. The van der Waals surface area contributed by atoms with Gasteiger partial charge in [-0.3, -0.25) is 25.3 Å². The van der Waals surface area contributed by atoms with Crippen molar-refractivity contribution in [1.82, 2.24) is 20.8 Å². The normalized spacial score (nSPS) is 24.2. The van der Waals surface area contributed by atoms with Crippen molar-refractivity contribution in [1.29, 1.82) is 0 Å². The maximum Gasteiger partial charge on any atom is 0.345 e. The molecule has 8 heteroatoms. The lowest BCUT2D eigenvalue weighted by Crippen LogP contribution is -2.53. The van der Waals surface area contributed by atoms with Gasteiger partial charge in [0.05, 0.1) is 12.6 Å². The van der Waals surface area contributed by atoms with Gasteiger partial charge in [0.2, 0.25) is 5.91 Å². The number of unbranched alkanes of at least 4 members (excludes halogenated alkanes) is 1. The van der Waals surface area contributed by atoms with Gasteiger partial charge in [-0.1, -0.05) is 13.3 Å². The molecule has 2 rings (SSSR count). The molecule has 0 aromatic rings. The molecule has 118 valence electrons. The molecule has 0 aromatic carbocycles. The molecule has 0 saturated carbocycles. The predicted octanol–water partition coefficient (Wildman–Crippen LogP) is 0.154. The minimum Gasteiger partial charge on any atom is -0.309 e. The molecule has 2 saturated heterocycles. The minimum absolute atomic E-state index is 0.0131. The fourth-order valence-electron chi connectivity index (χ4n) is 2.61. The number of nitrogens with one attached hydrogen (secondary N) is 2. The zero-order chi connectivity index (χ0) is 15.4. The number of carbonyl (C=O) groups excluding carboxylic acids is 3. The van der Waals surface area contributed by atoms with Crippen molar-refractivity contribution in [2.24, 2.45) is 0 Å². The molecule has 2 fully saturated rings. The van der Waals surface area contributed by atoms with Crippen LogP contribution in [0.15, 0.2) is 0 Å². The average molecular weight is 298 g/mol. The van der Waals surface area contributed by atoms with Gasteiger partial charge in [-0.15, -0.1) is 0 Å². The van der Waals surface area contributed by atoms with E-state index in [0.717, 1.165) is 12.8 Å². The average Bonchev–Trinajstić information content (AvgIpc) is 2.70. The van der Waals surface area contributed by atoms with Crippen molar-refractivity contribution in [2.75, 3.05) is 13.2 Å². The molecular formula is C13H22N4O4. The second-order valence-electron chi connectivity index (χ2n) is 5.36. The monoisotopic (exact) mass is 298 g/mol. The van der Waals surface area contributed by atoms with Gasteiger partial charge in [-0.05, 0) is 19.3 Å². The van der Waals surface area contributed by atoms with Crippen molar-refractivity contribution in [3.8, 4) is 0 Å². The van der Waals surface area contributed by atoms with E-state index in [0.29, 0.717) is 26.0 Å². The first kappa shape index (κ1) is 15.6. The Kier molecular flexibility index (Phi) is 5.00. The first-order chi connectivity index (χ1) is 10.0. The molecule has 8 nitrogen and oxygen atoms in total. The van der Waals surface area contributed by atoms with Crippen LogP contribution < -0.4 is 10.9 Å². The summed E-state index contributed by atoms with van der Waals surface area (Å²) in [5.41, 5.74) is 4.58. The summed E-state index contributed by atoms with van der Waals surface area (Å²) >= 11 is 0. The van der Waals surface area contributed by atoms with E-state index in [-0.39, 0.29) is 23.9 Å². The van der Waals surface area contributed by atoms with E-state index in [9.17, 15) is 14.4 Å². The van der Waals surface area contributed by atoms with Crippen molar-refractivity contribution in [3.05, 3.63) is 0 Å². The van der Waals surface area contributed by atoms with Crippen molar-refractivity contribution < 1.29 is 19.2 Å². The standard InChI is InChI=1S/C13H22N4O4/c1-3-4-7-21-17-10-5-6-11(16(8-10)13(17)20)12(19)15-14-9(2)18/h10-11H,3-8H2,1-2H3,(H,14,18)(H,15,19)/t10-,11?/m0/s1. The first-order valence-electron chi connectivity index (χ1n) is 7.33. The largest absolute Gasteiger partial charge is 0.345 e. The van der Waals surface area contributed by atoms with Crippen molar-refractivity contribution in [2.45, 2.75) is 51.6 Å². The fraction of sp³-hybridized carbons (Fsp3) is 0.769. The van der Waals surface area contributed by atoms with Crippen molar-refractivity contribution in [3.63, 3.8) is 0 Å². The van der Waals surface area contributed by atoms with Crippen LogP contribution in [0.2, 0.25) is 0 Å². The number of carbonyl (C=O) groups is 3. The van der Waals surface area contributed by atoms with Gasteiger partial charge in [-0.2, -0.15) is 5.06 Å². The highest BCUT2D eigenvalue weighted by molar-refractivity contribution is 5.89. The van der Waals surface area contributed by atoms with Crippen LogP contribution in [-0.4, -0.2) is 53.0 Å². The molecule has 21 heavy (non-hydrogen) atoms. The number of hydrogen-bond donors (Lipinski definition) is 2. The van der Waals surface area contributed by atoms with Gasteiger partial charge in [-0.25, -0.2) is 4.79 Å². The highest BCUT2D eigenvalue weighted by Crippen LogP contribution is 2.30. The summed E-state index contributed by atoms with van der Waals surface area (Å²) in [5, 5.41) is 1.40. The van der Waals surface area contributed by atoms with Crippen LogP contribution in [0.4, 0.5) is 4.79 Å². The predicted molar refractivity (Wildman–Crippen MR) is 73.6 cm³/mol. The Morgan fingerprint density at radius 3 is 2.76 bits per heavy atom. The molecule has 4 amide bonds. The number of hydroxylamine groups is 2. The third-order valence-electron chi connectivity index (χ3n) is 3.72. The van der Waals surface area contributed by atoms with Crippen LogP contribution in [0.5, 0.6) is 0 Å². The number of hydrazine groups is 1. The van der Waals surface area contributed by atoms with Gasteiger partial charge in [0.25, 0.3) is 5.91 Å². The van der Waals surface area contributed by atoms with Crippen LogP contribution in [0, 0.1) is 0 Å². The summed E-state index contributed by atoms with van der Waals surface area (Å²) in [6.45, 7) is 4.36. The van der Waals surface area contributed by atoms with E-state index in [4.69, 9.17) is 4.84 Å². The summed E-state index contributed by atoms with van der Waals surface area (Å²) in [6.07, 6.45) is 3.17. The Labute approximate surface area is 123 Å². The molecule has 2 heterocycles. The summed E-state index contributed by atoms with van der Waals surface area (Å²) in [6, 6.07) is -0.809. The number of piperidine rings is 1. The smallest absolute Gasteiger partial charge is 0.309 e. The van der Waals surface area contributed by atoms with E-state index >= 15 is 0 Å². The molecular weight excluding hydrogens is 276 g/mol. The highest BCUT2D eigenvalue weighted by Gasteiger charge is 2.47. The number of fused-ring (bicyclic) bond motifs is 2. The van der Waals surface area contributed by atoms with Crippen LogP contribution in [0.3, 0.4) is 0 Å². The number of rotatable bonds is 5. The van der Waals surface area contributed by atoms with Gasteiger partial charge in [0.15, 0.2) is 0 Å². The molecule has 1 unspecified atom stereocenters. The van der Waals surface area contributed by atoms with Crippen LogP contribution in [0.1, 0.15) is 39.5 Å². The molecule has 2 bridgehead atoms. The number of amides is 4. The summed E-state index contributed by atoms with van der Waals surface area (Å²) in [5.74, 6) is -0.721. The van der Waals surface area contributed by atoms with Gasteiger partial charge in [0.1, 0.15) is 6.04 Å². The summed E-state index contributed by atoms with van der Waals surface area (Å²) in [7, 11) is 0. The third-order valence-corrected chi connectivity index (χ3v) is 3.72. The zero-order valence-electron chi connectivity index (χ0n) is 12.4. The molecule has 2 aliphatic rings. The number of hydrogen-bond acceptors (Lipinski definition) is 4. The molecule has 2 N–H and O–H groups in total. The lowest BCUT2D eigenvalue weighted by Gasteiger charge is -2.29. The SMILES string of the molecule is CCCCON1C(=O)N2C[C@@H]1CCC2C(=O)NNC(C)=O. The molecule has 0 aliphatic carbocycles. The van der Waals surface area contributed by atoms with Gasteiger partial charge in [0, 0.05) is 13.5 Å². The molecule has 0 spiro atoms. The molecule has 0 radical (unpaired) electrons. The maximum atomic E-state index is 12.3. The lowest BCUT2D eigenvalue weighted by atomic mass is 10.0. The van der Waals surface area contributed by atoms with E-state index in [1.807, 2.05) is 0 Å². The maximum absolute atomic E-state index is 12.3. The topological polar surface area (TPSA) is 91.0 Å². The molecule has 2 atom stereocenters. The van der Waals surface area contributed by atoms with Crippen LogP contribution in [0.25, 0.3) is 0 Å². The minimum atomic E-state index is -0.555. The van der Waals surface area contributed by atoms with Crippen molar-refractivity contribution >= 4 is 17.8 Å². The quantitative estimate of drug-likeness (QED) is 0.558. The Balaban J connectivity index is 1.93. The summed E-state index contributed by atoms with van der Waals surface area (Å²) < 4.78 is 0. The second-order valence-corrected chi connectivity index (χ2v) is 5.36. The van der Waals surface area contributed by atoms with Crippen LogP contribution in [-0.2, 0) is 14.4 Å². The third kappa shape index (κ3) is 3.44. The van der Waals surface area contributed by atoms with E-state index in [2.05, 4.69) is 17.8 Å². The molecule has 0 aromatic heterocycles. The van der Waals surface area contributed by atoms with Gasteiger partial charge < -0.3 is 4.90 Å². The van der Waals surface area contributed by atoms with E-state index < -0.39 is 6.04 Å².